The minimum Gasteiger partial charge on any atom is -0.387 e. The molecule has 6 nitrogen and oxygen atoms in total. The lowest BCUT2D eigenvalue weighted by molar-refractivity contribution is -0.0465. The van der Waals surface area contributed by atoms with E-state index in [-0.39, 0.29) is 0 Å². The average molecular weight is 370 g/mol. The standard InChI is InChI=1S/C10H12FIN2O4/c1-10(11)7(16)5(4-12)18-8(10)14-3-2-6(15)13-9(14)17/h2-3,5,7-8,16H,4H2,1H3,(H,13,15,17)/t5-,7?,8-,10-/m1/s1. The van der Waals surface area contributed by atoms with E-state index in [0.717, 1.165) is 16.8 Å². The molecule has 0 spiro atoms. The fourth-order valence-corrected chi connectivity index (χ4v) is 2.64. The fraction of sp³-hybridized carbons (Fsp3) is 0.600. The maximum atomic E-state index is 14.4. The molecule has 0 aliphatic carbocycles. The third-order valence-electron chi connectivity index (χ3n) is 2.97. The van der Waals surface area contributed by atoms with Crippen LogP contribution < -0.4 is 11.2 Å². The molecule has 1 unspecified atom stereocenters. The smallest absolute Gasteiger partial charge is 0.330 e. The topological polar surface area (TPSA) is 84.3 Å². The van der Waals surface area contributed by atoms with Crippen LogP contribution in [-0.4, -0.2) is 37.0 Å². The van der Waals surface area contributed by atoms with Crippen LogP contribution >= 0.6 is 22.6 Å². The van der Waals surface area contributed by atoms with Gasteiger partial charge in [0, 0.05) is 16.7 Å². The van der Waals surface area contributed by atoms with Gasteiger partial charge in [0.25, 0.3) is 5.56 Å². The van der Waals surface area contributed by atoms with E-state index >= 15 is 0 Å². The summed E-state index contributed by atoms with van der Waals surface area (Å²) >= 11 is 1.97. The first-order valence-electron chi connectivity index (χ1n) is 5.28. The van der Waals surface area contributed by atoms with Crippen LogP contribution in [0.2, 0.25) is 0 Å². The van der Waals surface area contributed by atoms with Crippen molar-refractivity contribution in [1.29, 1.82) is 0 Å². The number of alkyl halides is 2. The molecule has 18 heavy (non-hydrogen) atoms. The van der Waals surface area contributed by atoms with Crippen LogP contribution in [-0.2, 0) is 4.74 Å². The zero-order valence-electron chi connectivity index (χ0n) is 9.47. The molecule has 2 N–H and O–H groups in total. The van der Waals surface area contributed by atoms with Crippen LogP contribution in [0.5, 0.6) is 0 Å². The Kier molecular flexibility index (Phi) is 3.60. The second kappa shape index (κ2) is 4.74. The number of rotatable bonds is 2. The van der Waals surface area contributed by atoms with Crippen molar-refractivity contribution in [3.05, 3.63) is 33.1 Å². The summed E-state index contributed by atoms with van der Waals surface area (Å²) < 4.78 is 21.1. The monoisotopic (exact) mass is 370 g/mol. The first-order valence-corrected chi connectivity index (χ1v) is 6.80. The van der Waals surface area contributed by atoms with Crippen molar-refractivity contribution < 1.29 is 14.2 Å². The Morgan fingerprint density at radius 3 is 2.83 bits per heavy atom. The van der Waals surface area contributed by atoms with Crippen molar-refractivity contribution in [2.75, 3.05) is 4.43 Å². The third-order valence-corrected chi connectivity index (χ3v) is 3.84. The van der Waals surface area contributed by atoms with E-state index in [4.69, 9.17) is 4.74 Å². The van der Waals surface area contributed by atoms with Gasteiger partial charge in [0.05, 0.1) is 6.10 Å². The molecule has 1 saturated heterocycles. The minimum atomic E-state index is -2.10. The lowest BCUT2D eigenvalue weighted by atomic mass is 9.99. The number of ether oxygens (including phenoxy) is 1. The van der Waals surface area contributed by atoms with Crippen LogP contribution in [0.3, 0.4) is 0 Å². The summed E-state index contributed by atoms with van der Waals surface area (Å²) in [6, 6.07) is 1.10. The van der Waals surface area contributed by atoms with Crippen LogP contribution in [0.25, 0.3) is 0 Å². The van der Waals surface area contributed by atoms with Crippen molar-refractivity contribution in [3.63, 3.8) is 0 Å². The molecule has 0 bridgehead atoms. The molecule has 2 rings (SSSR count). The van der Waals surface area contributed by atoms with Crippen molar-refractivity contribution in [1.82, 2.24) is 9.55 Å². The number of hydrogen-bond acceptors (Lipinski definition) is 4. The number of nitrogens with one attached hydrogen (secondary N) is 1. The minimum absolute atomic E-state index is 0.396. The number of aromatic amines is 1. The molecule has 0 saturated carbocycles. The van der Waals surface area contributed by atoms with Gasteiger partial charge in [-0.15, -0.1) is 0 Å². The van der Waals surface area contributed by atoms with Crippen molar-refractivity contribution in [3.8, 4) is 0 Å². The Labute approximate surface area is 115 Å². The van der Waals surface area contributed by atoms with Crippen molar-refractivity contribution >= 4 is 22.6 Å². The molecule has 1 aromatic rings. The summed E-state index contributed by atoms with van der Waals surface area (Å²) in [6.45, 7) is 1.17. The van der Waals surface area contributed by atoms with Crippen LogP contribution in [0.4, 0.5) is 4.39 Å². The Morgan fingerprint density at radius 1 is 1.67 bits per heavy atom. The van der Waals surface area contributed by atoms with E-state index < -0.39 is 35.4 Å². The van der Waals surface area contributed by atoms with Gasteiger partial charge in [0.15, 0.2) is 11.9 Å². The summed E-state index contributed by atoms with van der Waals surface area (Å²) in [4.78, 5) is 24.6. The number of aromatic nitrogens is 2. The molecule has 1 fully saturated rings. The molecule has 1 aromatic heterocycles. The average Bonchev–Trinajstić information content (AvgIpc) is 2.52. The molecule has 4 atom stereocenters. The second-order valence-corrected chi connectivity index (χ2v) is 5.18. The maximum Gasteiger partial charge on any atom is 0.330 e. The van der Waals surface area contributed by atoms with Crippen molar-refractivity contribution in [2.45, 2.75) is 31.0 Å². The molecular formula is C10H12FIN2O4. The fourth-order valence-electron chi connectivity index (χ4n) is 1.95. The van der Waals surface area contributed by atoms with Gasteiger partial charge < -0.3 is 9.84 Å². The first kappa shape index (κ1) is 13.7. The molecule has 1 aliphatic heterocycles. The molecule has 100 valence electrons. The number of halogens is 2. The highest BCUT2D eigenvalue weighted by atomic mass is 127. The summed E-state index contributed by atoms with van der Waals surface area (Å²) in [5.41, 5.74) is -3.43. The lowest BCUT2D eigenvalue weighted by Crippen LogP contribution is -2.43. The first-order chi connectivity index (χ1) is 8.37. The predicted molar refractivity (Wildman–Crippen MR) is 69.6 cm³/mol. The van der Waals surface area contributed by atoms with Crippen LogP contribution in [0.15, 0.2) is 21.9 Å². The van der Waals surface area contributed by atoms with Gasteiger partial charge >= 0.3 is 5.69 Å². The normalized spacial score (nSPS) is 35.9. The van der Waals surface area contributed by atoms with Gasteiger partial charge in [-0.05, 0) is 6.92 Å². The van der Waals surface area contributed by atoms with Gasteiger partial charge in [-0.3, -0.25) is 14.3 Å². The van der Waals surface area contributed by atoms with E-state index in [1.165, 1.54) is 6.92 Å². The molecule has 0 aromatic carbocycles. The highest BCUT2D eigenvalue weighted by molar-refractivity contribution is 14.1. The van der Waals surface area contributed by atoms with E-state index in [1.54, 1.807) is 0 Å². The van der Waals surface area contributed by atoms with E-state index in [9.17, 15) is 19.1 Å². The highest BCUT2D eigenvalue weighted by Crippen LogP contribution is 2.40. The molecule has 2 heterocycles. The van der Waals surface area contributed by atoms with Crippen molar-refractivity contribution in [2.24, 2.45) is 0 Å². The highest BCUT2D eigenvalue weighted by Gasteiger charge is 2.54. The quantitative estimate of drug-likeness (QED) is 0.565. The summed E-state index contributed by atoms with van der Waals surface area (Å²) in [7, 11) is 0. The molecule has 8 heteroatoms. The van der Waals surface area contributed by atoms with Gasteiger partial charge in [0.2, 0.25) is 0 Å². The van der Waals surface area contributed by atoms with E-state index in [2.05, 4.69) is 0 Å². The Hall–Kier alpha value is -0.740. The Morgan fingerprint density at radius 2 is 2.33 bits per heavy atom. The Bertz CT molecular complexity index is 555. The maximum absolute atomic E-state index is 14.4. The van der Waals surface area contributed by atoms with Gasteiger partial charge in [-0.2, -0.15) is 0 Å². The summed E-state index contributed by atoms with van der Waals surface area (Å²) in [5, 5.41) is 9.80. The second-order valence-electron chi connectivity index (χ2n) is 4.29. The van der Waals surface area contributed by atoms with Crippen LogP contribution in [0.1, 0.15) is 13.2 Å². The third kappa shape index (κ3) is 2.12. The van der Waals surface area contributed by atoms with Crippen LogP contribution in [0, 0.1) is 0 Å². The zero-order chi connectivity index (χ0) is 13.5. The number of hydrogen-bond donors (Lipinski definition) is 2. The predicted octanol–water partition coefficient (Wildman–Crippen LogP) is -0.0419. The molecular weight excluding hydrogens is 358 g/mol. The van der Waals surface area contributed by atoms with Gasteiger partial charge in [-0.25, -0.2) is 9.18 Å². The number of nitrogens with zero attached hydrogens (tertiary/aromatic N) is 1. The number of H-pyrrole nitrogens is 1. The summed E-state index contributed by atoms with van der Waals surface area (Å²) in [5.74, 6) is 0. The van der Waals surface area contributed by atoms with Gasteiger partial charge in [-0.1, -0.05) is 22.6 Å². The summed E-state index contributed by atoms with van der Waals surface area (Å²) in [6.07, 6.45) is -2.11. The van der Waals surface area contributed by atoms with E-state index in [1.807, 2.05) is 27.6 Å². The number of aliphatic hydroxyl groups is 1. The van der Waals surface area contributed by atoms with Gasteiger partial charge in [0.1, 0.15) is 6.10 Å². The molecule has 1 aliphatic rings. The molecule has 0 radical (unpaired) electrons. The lowest BCUT2D eigenvalue weighted by Gasteiger charge is -2.24. The SMILES string of the molecule is C[C@@]1(F)C(O)[C@@H](CI)O[C@H]1n1ccc(=O)[nH]c1=O. The Balaban J connectivity index is 2.45. The van der Waals surface area contributed by atoms with E-state index in [0.29, 0.717) is 4.43 Å². The molecule has 0 amide bonds. The largest absolute Gasteiger partial charge is 0.387 e. The zero-order valence-corrected chi connectivity index (χ0v) is 11.6. The number of aliphatic hydroxyl groups excluding tert-OH is 1.